The Morgan fingerprint density at radius 2 is 2.00 bits per heavy atom. The van der Waals surface area contributed by atoms with Gasteiger partial charge in [-0.1, -0.05) is 39.7 Å². The van der Waals surface area contributed by atoms with Crippen LogP contribution in [0.2, 0.25) is 5.15 Å². The first-order chi connectivity index (χ1) is 8.63. The number of nitrogens with zero attached hydrogens (tertiary/aromatic N) is 3. The van der Waals surface area contributed by atoms with Gasteiger partial charge in [-0.3, -0.25) is 5.43 Å². The molecule has 4 nitrogen and oxygen atoms in total. The van der Waals surface area contributed by atoms with Crippen molar-refractivity contribution in [1.29, 1.82) is 0 Å². The molecule has 2 aromatic rings. The van der Waals surface area contributed by atoms with Crippen LogP contribution in [-0.2, 0) is 0 Å². The van der Waals surface area contributed by atoms with E-state index in [1.54, 1.807) is 19.2 Å². The first kappa shape index (κ1) is 13.0. The molecule has 1 aromatic carbocycles. The molecule has 0 saturated carbocycles. The number of aromatic nitrogens is 2. The van der Waals surface area contributed by atoms with Crippen LogP contribution in [0.25, 0.3) is 0 Å². The van der Waals surface area contributed by atoms with Crippen molar-refractivity contribution in [3.05, 3.63) is 51.3 Å². The smallest absolute Gasteiger partial charge is 0.151 e. The second-order valence-electron chi connectivity index (χ2n) is 3.54. The van der Waals surface area contributed by atoms with Crippen molar-refractivity contribution < 1.29 is 0 Å². The zero-order chi connectivity index (χ0) is 13.0. The van der Waals surface area contributed by atoms with Gasteiger partial charge < -0.3 is 0 Å². The zero-order valence-electron chi connectivity index (χ0n) is 9.56. The van der Waals surface area contributed by atoms with Gasteiger partial charge in [0, 0.05) is 10.5 Å². The topological polar surface area (TPSA) is 50.2 Å². The largest absolute Gasteiger partial charge is 0.261 e. The maximum Gasteiger partial charge on any atom is 0.151 e. The third-order valence-corrected chi connectivity index (χ3v) is 2.79. The molecule has 2 rings (SSSR count). The highest BCUT2D eigenvalue weighted by molar-refractivity contribution is 9.10. The molecule has 0 unspecified atom stereocenters. The minimum Gasteiger partial charge on any atom is -0.261 e. The number of hydrogen-bond donors (Lipinski definition) is 1. The van der Waals surface area contributed by atoms with Gasteiger partial charge in [-0.2, -0.15) is 5.10 Å². The van der Waals surface area contributed by atoms with Gasteiger partial charge in [-0.25, -0.2) is 9.97 Å². The van der Waals surface area contributed by atoms with Crippen LogP contribution < -0.4 is 5.43 Å². The lowest BCUT2D eigenvalue weighted by Gasteiger charge is -2.00. The molecule has 0 atom stereocenters. The van der Waals surface area contributed by atoms with Gasteiger partial charge in [0.05, 0.1) is 6.21 Å². The molecule has 0 radical (unpaired) electrons. The van der Waals surface area contributed by atoms with Gasteiger partial charge >= 0.3 is 0 Å². The Balaban J connectivity index is 2.04. The molecule has 0 aliphatic heterocycles. The second-order valence-corrected chi connectivity index (χ2v) is 4.85. The summed E-state index contributed by atoms with van der Waals surface area (Å²) in [5.41, 5.74) is 3.80. The average Bonchev–Trinajstić information content (AvgIpc) is 2.30. The van der Waals surface area contributed by atoms with Crippen LogP contribution in [0.5, 0.6) is 0 Å². The summed E-state index contributed by atoms with van der Waals surface area (Å²) in [6.07, 6.45) is 1.71. The predicted molar refractivity (Wildman–Crippen MR) is 77.1 cm³/mol. The normalized spacial score (nSPS) is 10.8. The fraction of sp³-hybridized carbons (Fsp3) is 0.0833. The lowest BCUT2D eigenvalue weighted by atomic mass is 10.2. The summed E-state index contributed by atoms with van der Waals surface area (Å²) in [7, 11) is 0. The molecule has 0 aliphatic carbocycles. The van der Waals surface area contributed by atoms with Crippen molar-refractivity contribution >= 4 is 39.6 Å². The van der Waals surface area contributed by atoms with Crippen LogP contribution in [0.4, 0.5) is 5.82 Å². The Bertz CT molecular complexity index is 549. The lowest BCUT2D eigenvalue weighted by Crippen LogP contribution is -1.97. The summed E-state index contributed by atoms with van der Waals surface area (Å²) >= 11 is 9.19. The van der Waals surface area contributed by atoms with E-state index in [0.29, 0.717) is 16.8 Å². The molecule has 18 heavy (non-hydrogen) atoms. The third kappa shape index (κ3) is 3.78. The summed E-state index contributed by atoms with van der Waals surface area (Å²) in [4.78, 5) is 8.12. The van der Waals surface area contributed by atoms with Crippen molar-refractivity contribution in [2.24, 2.45) is 5.10 Å². The SMILES string of the molecule is Cc1nc(Cl)cc(NN=Cc2ccc(Br)cc2)n1. The van der Waals surface area contributed by atoms with Gasteiger partial charge in [0.1, 0.15) is 11.0 Å². The van der Waals surface area contributed by atoms with Crippen LogP contribution >= 0.6 is 27.5 Å². The molecule has 0 bridgehead atoms. The lowest BCUT2D eigenvalue weighted by molar-refractivity contribution is 1.04. The molecule has 6 heteroatoms. The van der Waals surface area contributed by atoms with Gasteiger partial charge in [-0.15, -0.1) is 0 Å². The quantitative estimate of drug-likeness (QED) is 0.532. The van der Waals surface area contributed by atoms with Crippen molar-refractivity contribution in [1.82, 2.24) is 9.97 Å². The fourth-order valence-corrected chi connectivity index (χ4v) is 1.80. The Hall–Kier alpha value is -1.46. The van der Waals surface area contributed by atoms with Crippen LogP contribution in [0.15, 0.2) is 39.9 Å². The molecule has 0 fully saturated rings. The van der Waals surface area contributed by atoms with E-state index in [-0.39, 0.29) is 0 Å². The Labute approximate surface area is 118 Å². The predicted octanol–water partition coefficient (Wildman–Crippen LogP) is 3.65. The maximum absolute atomic E-state index is 5.82. The molecule has 1 N–H and O–H groups in total. The summed E-state index contributed by atoms with van der Waals surface area (Å²) in [6, 6.07) is 9.43. The van der Waals surface area contributed by atoms with Crippen LogP contribution in [-0.4, -0.2) is 16.2 Å². The number of halogens is 2. The maximum atomic E-state index is 5.82. The van der Waals surface area contributed by atoms with Gasteiger partial charge in [-0.05, 0) is 24.6 Å². The molecular formula is C12H10BrClN4. The van der Waals surface area contributed by atoms with E-state index < -0.39 is 0 Å². The van der Waals surface area contributed by atoms with E-state index in [0.717, 1.165) is 10.0 Å². The summed E-state index contributed by atoms with van der Waals surface area (Å²) in [5, 5.41) is 4.48. The molecule has 92 valence electrons. The highest BCUT2D eigenvalue weighted by atomic mass is 79.9. The van der Waals surface area contributed by atoms with Crippen molar-refractivity contribution in [2.75, 3.05) is 5.43 Å². The summed E-state index contributed by atoms with van der Waals surface area (Å²) in [6.45, 7) is 1.77. The Morgan fingerprint density at radius 3 is 2.67 bits per heavy atom. The highest BCUT2D eigenvalue weighted by Crippen LogP contribution is 2.11. The first-order valence-corrected chi connectivity index (χ1v) is 6.36. The highest BCUT2D eigenvalue weighted by Gasteiger charge is 1.97. The van der Waals surface area contributed by atoms with Crippen molar-refractivity contribution in [2.45, 2.75) is 6.92 Å². The first-order valence-electron chi connectivity index (χ1n) is 5.19. The molecule has 0 amide bonds. The van der Waals surface area contributed by atoms with E-state index >= 15 is 0 Å². The monoisotopic (exact) mass is 324 g/mol. The Morgan fingerprint density at radius 1 is 1.28 bits per heavy atom. The van der Waals surface area contributed by atoms with E-state index in [1.807, 2.05) is 24.3 Å². The van der Waals surface area contributed by atoms with E-state index in [2.05, 4.69) is 36.4 Å². The molecule has 0 spiro atoms. The number of hydrogen-bond acceptors (Lipinski definition) is 4. The molecular weight excluding hydrogens is 316 g/mol. The van der Waals surface area contributed by atoms with Gasteiger partial charge in [0.2, 0.25) is 0 Å². The molecule has 0 aliphatic rings. The fourth-order valence-electron chi connectivity index (χ4n) is 1.31. The number of rotatable bonds is 3. The van der Waals surface area contributed by atoms with Crippen LogP contribution in [0.3, 0.4) is 0 Å². The summed E-state index contributed by atoms with van der Waals surface area (Å²) in [5.74, 6) is 1.17. The zero-order valence-corrected chi connectivity index (χ0v) is 11.9. The number of anilines is 1. The number of aryl methyl sites for hydroxylation is 1. The molecule has 1 heterocycles. The van der Waals surface area contributed by atoms with Gasteiger partial charge in [0.15, 0.2) is 5.82 Å². The standard InChI is InChI=1S/C12H10BrClN4/c1-8-16-11(14)6-12(17-8)18-15-7-9-2-4-10(13)5-3-9/h2-7H,1H3,(H,16,17,18). The summed E-state index contributed by atoms with van der Waals surface area (Å²) < 4.78 is 1.03. The molecule has 0 saturated heterocycles. The molecule has 1 aromatic heterocycles. The number of benzene rings is 1. The van der Waals surface area contributed by atoms with Crippen molar-refractivity contribution in [3.63, 3.8) is 0 Å². The number of nitrogens with one attached hydrogen (secondary N) is 1. The average molecular weight is 326 g/mol. The third-order valence-electron chi connectivity index (χ3n) is 2.07. The van der Waals surface area contributed by atoms with Crippen LogP contribution in [0, 0.1) is 6.92 Å². The minimum atomic E-state index is 0.392. The number of hydrazone groups is 1. The second kappa shape index (κ2) is 5.93. The van der Waals surface area contributed by atoms with E-state index in [4.69, 9.17) is 11.6 Å². The van der Waals surface area contributed by atoms with E-state index in [9.17, 15) is 0 Å². The minimum absolute atomic E-state index is 0.392. The van der Waals surface area contributed by atoms with Crippen molar-refractivity contribution in [3.8, 4) is 0 Å². The van der Waals surface area contributed by atoms with Gasteiger partial charge in [0.25, 0.3) is 0 Å². The van der Waals surface area contributed by atoms with Crippen LogP contribution in [0.1, 0.15) is 11.4 Å². The van der Waals surface area contributed by atoms with E-state index in [1.165, 1.54) is 0 Å². The Kier molecular flexibility index (Phi) is 4.28.